The molecule has 2 amide bonds. The molecule has 42 heavy (non-hydrogen) atoms. The molecule has 3 fully saturated rings. The number of carbonyl (C=O) groups excluding carboxylic acids is 2. The number of halogens is 4. The van der Waals surface area contributed by atoms with Crippen LogP contribution in [0, 0.1) is 0 Å². The fourth-order valence-corrected chi connectivity index (χ4v) is 7.00. The quantitative estimate of drug-likeness (QED) is 0.416. The molecule has 0 aliphatic carbocycles. The molecule has 0 radical (unpaired) electrons. The summed E-state index contributed by atoms with van der Waals surface area (Å²) in [6.07, 6.45) is 5.87. The molecule has 1 unspecified atom stereocenters. The normalized spacial score (nSPS) is 22.9. The Hall–Kier alpha value is -1.58. The molecule has 2 aromatic rings. The number of likely N-dealkylation sites (N-methyl/N-ethyl adjacent to an activating group) is 1. The molecule has 5 rings (SSSR count). The maximum absolute atomic E-state index is 13.4. The summed E-state index contributed by atoms with van der Waals surface area (Å²) in [5, 5.41) is 3.93. The van der Waals surface area contributed by atoms with Gasteiger partial charge in [0.15, 0.2) is 0 Å². The van der Waals surface area contributed by atoms with Crippen molar-refractivity contribution in [1.29, 1.82) is 0 Å². The van der Waals surface area contributed by atoms with E-state index >= 15 is 0 Å². The lowest BCUT2D eigenvalue weighted by molar-refractivity contribution is -0.138. The summed E-state index contributed by atoms with van der Waals surface area (Å²) < 4.78 is 6.55. The average molecular weight is 661 g/mol. The fraction of sp³-hybridized carbons (Fsp3) is 0.548. The number of rotatable bonds is 7. The van der Waals surface area contributed by atoms with Gasteiger partial charge in [-0.25, -0.2) is 0 Å². The Bertz CT molecular complexity index is 1190. The molecule has 2 aromatic carbocycles. The lowest BCUT2D eigenvalue weighted by atomic mass is 9.82. The predicted octanol–water partition coefficient (Wildman–Crippen LogP) is 5.66. The van der Waals surface area contributed by atoms with Crippen molar-refractivity contribution in [3.05, 3.63) is 69.7 Å². The van der Waals surface area contributed by atoms with Crippen LogP contribution in [0.3, 0.4) is 0 Å². The van der Waals surface area contributed by atoms with E-state index in [0.29, 0.717) is 41.7 Å². The number of benzene rings is 2. The Kier molecular flexibility index (Phi) is 12.8. The highest BCUT2D eigenvalue weighted by Crippen LogP contribution is 2.38. The van der Waals surface area contributed by atoms with Gasteiger partial charge in [0.2, 0.25) is 5.91 Å². The minimum absolute atomic E-state index is 0. The Morgan fingerprint density at radius 3 is 2.24 bits per heavy atom. The van der Waals surface area contributed by atoms with Gasteiger partial charge in [0.05, 0.1) is 23.2 Å². The van der Waals surface area contributed by atoms with Gasteiger partial charge in [-0.1, -0.05) is 53.9 Å². The number of hydrogen-bond donors (Lipinski definition) is 1. The molecule has 1 atom stereocenters. The number of amides is 2. The SMILES string of the molecule is CNC(=O)C1(N2CCCCC2)CCN(CCC2(c3ccc(Cl)c(Cl)c3)CN(C(=O)c3ccccc3)CCO2)CC1.Cl.Cl. The van der Waals surface area contributed by atoms with Crippen molar-refractivity contribution in [3.63, 3.8) is 0 Å². The van der Waals surface area contributed by atoms with Crippen LogP contribution >= 0.6 is 48.0 Å². The maximum Gasteiger partial charge on any atom is 0.254 e. The topological polar surface area (TPSA) is 65.1 Å². The van der Waals surface area contributed by atoms with Gasteiger partial charge in [-0.15, -0.1) is 24.8 Å². The molecule has 3 aliphatic rings. The zero-order chi connectivity index (χ0) is 28.2. The van der Waals surface area contributed by atoms with Crippen LogP contribution in [-0.2, 0) is 15.1 Å². The van der Waals surface area contributed by atoms with Gasteiger partial charge in [0.1, 0.15) is 11.1 Å². The van der Waals surface area contributed by atoms with E-state index in [1.807, 2.05) is 47.4 Å². The molecule has 0 spiro atoms. The Morgan fingerprint density at radius 2 is 1.60 bits per heavy atom. The van der Waals surface area contributed by atoms with Gasteiger partial charge in [0.25, 0.3) is 5.91 Å². The summed E-state index contributed by atoms with van der Waals surface area (Å²) in [7, 11) is 1.75. The lowest BCUT2D eigenvalue weighted by Gasteiger charge is -2.49. The van der Waals surface area contributed by atoms with Crippen LogP contribution in [0.4, 0.5) is 0 Å². The van der Waals surface area contributed by atoms with Crippen molar-refractivity contribution >= 4 is 59.8 Å². The highest BCUT2D eigenvalue weighted by molar-refractivity contribution is 6.42. The van der Waals surface area contributed by atoms with Crippen molar-refractivity contribution in [3.8, 4) is 0 Å². The van der Waals surface area contributed by atoms with Crippen molar-refractivity contribution in [2.24, 2.45) is 0 Å². The number of nitrogens with one attached hydrogen (secondary N) is 1. The van der Waals surface area contributed by atoms with Gasteiger partial charge in [-0.2, -0.15) is 0 Å². The second kappa shape index (κ2) is 15.4. The van der Waals surface area contributed by atoms with Crippen molar-refractivity contribution < 1.29 is 14.3 Å². The second-order valence-corrected chi connectivity index (χ2v) is 12.1. The summed E-state index contributed by atoms with van der Waals surface area (Å²) in [5.41, 5.74) is 0.469. The van der Waals surface area contributed by atoms with Gasteiger partial charge >= 0.3 is 0 Å². The van der Waals surface area contributed by atoms with E-state index in [9.17, 15) is 9.59 Å². The monoisotopic (exact) mass is 658 g/mol. The Balaban J connectivity index is 0.00000242. The van der Waals surface area contributed by atoms with E-state index in [0.717, 1.165) is 64.0 Å². The number of piperidine rings is 2. The largest absolute Gasteiger partial charge is 0.367 e. The van der Waals surface area contributed by atoms with E-state index in [1.54, 1.807) is 13.1 Å². The third kappa shape index (κ3) is 7.37. The molecule has 0 bridgehead atoms. The molecule has 232 valence electrons. The minimum atomic E-state index is -0.709. The highest BCUT2D eigenvalue weighted by atomic mass is 35.5. The first-order chi connectivity index (χ1) is 19.4. The maximum atomic E-state index is 13.4. The average Bonchev–Trinajstić information content (AvgIpc) is 3.01. The van der Waals surface area contributed by atoms with Crippen LogP contribution in [-0.4, -0.2) is 91.5 Å². The Labute approximate surface area is 272 Å². The van der Waals surface area contributed by atoms with Crippen LogP contribution in [0.25, 0.3) is 0 Å². The summed E-state index contributed by atoms with van der Waals surface area (Å²) >= 11 is 12.7. The summed E-state index contributed by atoms with van der Waals surface area (Å²) in [6, 6.07) is 15.1. The lowest BCUT2D eigenvalue weighted by Crippen LogP contribution is -2.64. The van der Waals surface area contributed by atoms with Crippen LogP contribution in [0.2, 0.25) is 10.0 Å². The van der Waals surface area contributed by atoms with Crippen LogP contribution in [0.5, 0.6) is 0 Å². The number of ether oxygens (including phenoxy) is 1. The first-order valence-electron chi connectivity index (χ1n) is 14.5. The van der Waals surface area contributed by atoms with E-state index in [-0.39, 0.29) is 36.6 Å². The predicted molar refractivity (Wildman–Crippen MR) is 173 cm³/mol. The molecule has 0 aromatic heterocycles. The van der Waals surface area contributed by atoms with Gasteiger partial charge in [-0.3, -0.25) is 14.5 Å². The van der Waals surface area contributed by atoms with Crippen molar-refractivity contribution in [2.45, 2.75) is 49.7 Å². The summed E-state index contributed by atoms with van der Waals surface area (Å²) in [5.74, 6) is 0.148. The Morgan fingerprint density at radius 1 is 0.905 bits per heavy atom. The zero-order valence-corrected chi connectivity index (χ0v) is 27.3. The van der Waals surface area contributed by atoms with Gasteiger partial charge in [0, 0.05) is 38.8 Å². The molecular formula is C31H42Cl4N4O3. The van der Waals surface area contributed by atoms with E-state index in [2.05, 4.69) is 15.1 Å². The van der Waals surface area contributed by atoms with Crippen LogP contribution < -0.4 is 5.32 Å². The van der Waals surface area contributed by atoms with E-state index in [1.165, 1.54) is 6.42 Å². The molecule has 3 saturated heterocycles. The van der Waals surface area contributed by atoms with Crippen LogP contribution in [0.1, 0.15) is 54.4 Å². The first-order valence-corrected chi connectivity index (χ1v) is 15.3. The number of hydrogen-bond acceptors (Lipinski definition) is 5. The fourth-order valence-electron chi connectivity index (χ4n) is 6.70. The van der Waals surface area contributed by atoms with Crippen molar-refractivity contribution in [2.75, 3.05) is 59.5 Å². The second-order valence-electron chi connectivity index (χ2n) is 11.3. The zero-order valence-electron chi connectivity index (χ0n) is 24.2. The molecule has 11 heteroatoms. The van der Waals surface area contributed by atoms with E-state index < -0.39 is 11.1 Å². The van der Waals surface area contributed by atoms with Gasteiger partial charge < -0.3 is 19.9 Å². The highest BCUT2D eigenvalue weighted by Gasteiger charge is 2.47. The molecule has 3 aliphatic heterocycles. The standard InChI is InChI=1S/C31H40Cl2N4O3.2ClH/c1-34-29(39)30(37-15-6-3-7-16-37)12-17-35(18-13-30)19-14-31(25-10-11-26(32)27(33)22-25)23-36(20-21-40-31)28(38)24-8-4-2-5-9-24;;/h2,4-5,8-11,22H,3,6-7,12-21,23H2,1H3,(H,34,39);2*1H. The van der Waals surface area contributed by atoms with E-state index in [4.69, 9.17) is 27.9 Å². The number of nitrogens with zero attached hydrogens (tertiary/aromatic N) is 3. The van der Waals surface area contributed by atoms with Gasteiger partial charge in [-0.05, 0) is 75.0 Å². The summed E-state index contributed by atoms with van der Waals surface area (Å²) in [4.78, 5) is 33.4. The number of likely N-dealkylation sites (tertiary alicyclic amines) is 2. The molecule has 0 saturated carbocycles. The van der Waals surface area contributed by atoms with Crippen LogP contribution in [0.15, 0.2) is 48.5 Å². The number of carbonyl (C=O) groups is 2. The molecular weight excluding hydrogens is 618 g/mol. The van der Waals surface area contributed by atoms with Crippen molar-refractivity contribution in [1.82, 2.24) is 20.0 Å². The smallest absolute Gasteiger partial charge is 0.254 e. The molecule has 3 heterocycles. The first kappa shape index (κ1) is 34.9. The molecule has 7 nitrogen and oxygen atoms in total. The third-order valence-electron chi connectivity index (χ3n) is 9.07. The third-order valence-corrected chi connectivity index (χ3v) is 9.80. The summed E-state index contributed by atoms with van der Waals surface area (Å²) in [6.45, 7) is 5.86. The minimum Gasteiger partial charge on any atom is -0.367 e. The molecule has 1 N–H and O–H groups in total. The number of morpholine rings is 1.